The lowest BCUT2D eigenvalue weighted by atomic mass is 10.1. The first-order valence-electron chi connectivity index (χ1n) is 5.55. The molecular weight excluding hydrogens is 226 g/mol. The van der Waals surface area contributed by atoms with E-state index in [4.69, 9.17) is 5.26 Å². The predicted octanol–water partition coefficient (Wildman–Crippen LogP) is 3.89. The maximum atomic E-state index is 8.70. The summed E-state index contributed by atoms with van der Waals surface area (Å²) in [6.45, 7) is 0. The Hall–Kier alpha value is -1.72. The Bertz CT molecular complexity index is 497. The monoisotopic (exact) mass is 239 g/mol. The van der Waals surface area contributed by atoms with E-state index in [2.05, 4.69) is 30.3 Å². The van der Waals surface area contributed by atoms with Crippen molar-refractivity contribution < 1.29 is 0 Å². The molecule has 0 amide bonds. The van der Waals surface area contributed by atoms with Gasteiger partial charge >= 0.3 is 0 Å². The van der Waals surface area contributed by atoms with Crippen LogP contribution < -0.4 is 0 Å². The van der Waals surface area contributed by atoms with Gasteiger partial charge in [0.15, 0.2) is 0 Å². The van der Waals surface area contributed by atoms with Crippen molar-refractivity contribution in [3.05, 3.63) is 65.7 Å². The second-order valence-corrected chi connectivity index (χ2v) is 4.89. The number of benzene rings is 2. The van der Waals surface area contributed by atoms with Crippen LogP contribution in [0.3, 0.4) is 0 Å². The van der Waals surface area contributed by atoms with Crippen LogP contribution >= 0.6 is 11.8 Å². The van der Waals surface area contributed by atoms with Gasteiger partial charge in [-0.3, -0.25) is 0 Å². The van der Waals surface area contributed by atoms with Gasteiger partial charge in [0.1, 0.15) is 0 Å². The zero-order chi connectivity index (χ0) is 11.9. The summed E-state index contributed by atoms with van der Waals surface area (Å²) in [4.78, 5) is 1.31. The summed E-state index contributed by atoms with van der Waals surface area (Å²) in [6.07, 6.45) is 1.03. The standard InChI is InChI=1S/C15H13NS/c16-12-14-8-6-13(7-9-14)10-11-17-15-4-2-1-3-5-15/h1-9H,10-11H2. The maximum Gasteiger partial charge on any atom is 0.0991 e. The molecule has 0 saturated carbocycles. The van der Waals surface area contributed by atoms with E-state index in [0.29, 0.717) is 0 Å². The molecule has 2 aromatic rings. The molecular formula is C15H13NS. The molecule has 0 bridgehead atoms. The normalized spacial score (nSPS) is 9.82. The Morgan fingerprint density at radius 1 is 0.941 bits per heavy atom. The number of thioether (sulfide) groups is 1. The summed E-state index contributed by atoms with van der Waals surface area (Å²) < 4.78 is 0. The quantitative estimate of drug-likeness (QED) is 0.756. The molecule has 84 valence electrons. The third kappa shape index (κ3) is 3.65. The smallest absolute Gasteiger partial charge is 0.0991 e. The zero-order valence-corrected chi connectivity index (χ0v) is 10.3. The minimum Gasteiger partial charge on any atom is -0.192 e. The molecule has 0 atom stereocenters. The van der Waals surface area contributed by atoms with Crippen LogP contribution in [0.1, 0.15) is 11.1 Å². The van der Waals surface area contributed by atoms with Crippen molar-refractivity contribution in [3.8, 4) is 6.07 Å². The largest absolute Gasteiger partial charge is 0.192 e. The Balaban J connectivity index is 1.84. The highest BCUT2D eigenvalue weighted by molar-refractivity contribution is 7.99. The van der Waals surface area contributed by atoms with Gasteiger partial charge in [-0.2, -0.15) is 5.26 Å². The van der Waals surface area contributed by atoms with Gasteiger partial charge in [-0.25, -0.2) is 0 Å². The van der Waals surface area contributed by atoms with Gasteiger partial charge in [-0.1, -0.05) is 30.3 Å². The number of hydrogen-bond acceptors (Lipinski definition) is 2. The Kier molecular flexibility index (Phi) is 4.23. The van der Waals surface area contributed by atoms with Crippen molar-refractivity contribution >= 4 is 11.8 Å². The fourth-order valence-corrected chi connectivity index (χ4v) is 2.47. The average Bonchev–Trinajstić information content (AvgIpc) is 2.41. The molecule has 0 fully saturated rings. The minimum absolute atomic E-state index is 0.726. The van der Waals surface area contributed by atoms with Crippen LogP contribution in [-0.4, -0.2) is 5.75 Å². The third-order valence-corrected chi connectivity index (χ3v) is 3.50. The second kappa shape index (κ2) is 6.12. The Morgan fingerprint density at radius 3 is 2.29 bits per heavy atom. The van der Waals surface area contributed by atoms with Crippen LogP contribution in [0, 0.1) is 11.3 Å². The summed E-state index contributed by atoms with van der Waals surface area (Å²) in [5.41, 5.74) is 2.01. The number of nitriles is 1. The fraction of sp³-hybridized carbons (Fsp3) is 0.133. The average molecular weight is 239 g/mol. The molecule has 1 nitrogen and oxygen atoms in total. The number of rotatable bonds is 4. The molecule has 2 aromatic carbocycles. The zero-order valence-electron chi connectivity index (χ0n) is 9.47. The van der Waals surface area contributed by atoms with E-state index in [-0.39, 0.29) is 0 Å². The van der Waals surface area contributed by atoms with Crippen LogP contribution in [0.4, 0.5) is 0 Å². The van der Waals surface area contributed by atoms with Gasteiger partial charge in [-0.15, -0.1) is 11.8 Å². The first-order valence-corrected chi connectivity index (χ1v) is 6.54. The van der Waals surface area contributed by atoms with Crippen LogP contribution in [0.15, 0.2) is 59.5 Å². The first kappa shape index (κ1) is 11.8. The van der Waals surface area contributed by atoms with Gasteiger partial charge in [0.05, 0.1) is 11.6 Å². The van der Waals surface area contributed by atoms with Crippen molar-refractivity contribution in [2.45, 2.75) is 11.3 Å². The molecule has 0 aliphatic rings. The number of hydrogen-bond donors (Lipinski definition) is 0. The molecule has 0 aromatic heterocycles. The van der Waals surface area contributed by atoms with Crippen molar-refractivity contribution in [3.63, 3.8) is 0 Å². The molecule has 0 spiro atoms. The van der Waals surface area contributed by atoms with E-state index < -0.39 is 0 Å². The molecule has 2 heteroatoms. The SMILES string of the molecule is N#Cc1ccc(CCSc2ccccc2)cc1. The second-order valence-electron chi connectivity index (χ2n) is 3.72. The van der Waals surface area contributed by atoms with E-state index >= 15 is 0 Å². The lowest BCUT2D eigenvalue weighted by Crippen LogP contribution is -1.88. The molecule has 0 saturated heterocycles. The van der Waals surface area contributed by atoms with E-state index in [0.717, 1.165) is 17.7 Å². The van der Waals surface area contributed by atoms with E-state index in [9.17, 15) is 0 Å². The number of aryl methyl sites for hydroxylation is 1. The highest BCUT2D eigenvalue weighted by atomic mass is 32.2. The molecule has 17 heavy (non-hydrogen) atoms. The van der Waals surface area contributed by atoms with E-state index in [1.165, 1.54) is 10.5 Å². The van der Waals surface area contributed by atoms with Gasteiger partial charge in [-0.05, 0) is 36.2 Å². The van der Waals surface area contributed by atoms with Crippen LogP contribution in [0.25, 0.3) is 0 Å². The summed E-state index contributed by atoms with van der Waals surface area (Å²) in [6, 6.07) is 20.4. The van der Waals surface area contributed by atoms with Crippen molar-refractivity contribution in [1.29, 1.82) is 5.26 Å². The van der Waals surface area contributed by atoms with Gasteiger partial charge in [0, 0.05) is 10.6 Å². The maximum absolute atomic E-state index is 8.70. The molecule has 0 N–H and O–H groups in total. The summed E-state index contributed by atoms with van der Waals surface area (Å²) in [7, 11) is 0. The number of nitrogens with zero attached hydrogens (tertiary/aromatic N) is 1. The van der Waals surface area contributed by atoms with Crippen LogP contribution in [0.5, 0.6) is 0 Å². The third-order valence-electron chi connectivity index (χ3n) is 2.49. The highest BCUT2D eigenvalue weighted by Crippen LogP contribution is 2.18. The van der Waals surface area contributed by atoms with E-state index in [1.807, 2.05) is 42.1 Å². The lowest BCUT2D eigenvalue weighted by molar-refractivity contribution is 1.15. The summed E-state index contributed by atoms with van der Waals surface area (Å²) >= 11 is 1.86. The Labute approximate surface area is 106 Å². The predicted molar refractivity (Wildman–Crippen MR) is 72.0 cm³/mol. The van der Waals surface area contributed by atoms with Crippen molar-refractivity contribution in [2.75, 3.05) is 5.75 Å². The topological polar surface area (TPSA) is 23.8 Å². The fourth-order valence-electron chi connectivity index (χ4n) is 1.55. The Morgan fingerprint density at radius 2 is 1.65 bits per heavy atom. The van der Waals surface area contributed by atoms with Gasteiger partial charge < -0.3 is 0 Å². The van der Waals surface area contributed by atoms with Gasteiger partial charge in [0.2, 0.25) is 0 Å². The summed E-state index contributed by atoms with van der Waals surface area (Å²) in [5, 5.41) is 8.70. The molecule has 0 unspecified atom stereocenters. The first-order chi connectivity index (χ1) is 8.38. The van der Waals surface area contributed by atoms with Crippen molar-refractivity contribution in [1.82, 2.24) is 0 Å². The van der Waals surface area contributed by atoms with E-state index in [1.54, 1.807) is 0 Å². The van der Waals surface area contributed by atoms with Crippen LogP contribution in [-0.2, 0) is 6.42 Å². The molecule has 0 radical (unpaired) electrons. The summed E-state index contributed by atoms with van der Waals surface area (Å²) in [5.74, 6) is 1.07. The lowest BCUT2D eigenvalue weighted by Gasteiger charge is -2.02. The highest BCUT2D eigenvalue weighted by Gasteiger charge is 1.96. The molecule has 0 aliphatic carbocycles. The van der Waals surface area contributed by atoms with Gasteiger partial charge in [0.25, 0.3) is 0 Å². The minimum atomic E-state index is 0.726. The molecule has 0 aliphatic heterocycles. The molecule has 2 rings (SSSR count). The molecule has 0 heterocycles. The van der Waals surface area contributed by atoms with Crippen LogP contribution in [0.2, 0.25) is 0 Å². The van der Waals surface area contributed by atoms with Crippen molar-refractivity contribution in [2.24, 2.45) is 0 Å².